The summed E-state index contributed by atoms with van der Waals surface area (Å²) in [6.45, 7) is 3.93. The fraction of sp³-hybridized carbons (Fsp3) is 0.500. The van der Waals surface area contributed by atoms with Gasteiger partial charge >= 0.3 is 5.97 Å². The van der Waals surface area contributed by atoms with Crippen LogP contribution in [0.1, 0.15) is 27.0 Å². The summed E-state index contributed by atoms with van der Waals surface area (Å²) in [5, 5.41) is 8.82. The number of hydrogen-bond acceptors (Lipinski definition) is 4. The van der Waals surface area contributed by atoms with E-state index in [2.05, 4.69) is 0 Å². The first-order valence-electron chi connectivity index (χ1n) is 4.66. The van der Waals surface area contributed by atoms with Gasteiger partial charge in [-0.15, -0.1) is 11.3 Å². The van der Waals surface area contributed by atoms with Gasteiger partial charge in [0, 0.05) is 22.4 Å². The molecule has 0 aliphatic carbocycles. The fourth-order valence-electron chi connectivity index (χ4n) is 1.12. The highest BCUT2D eigenvalue weighted by molar-refractivity contribution is 7.98. The summed E-state index contributed by atoms with van der Waals surface area (Å²) >= 11 is 3.08. The first kappa shape index (κ1) is 12.5. The van der Waals surface area contributed by atoms with E-state index >= 15 is 0 Å². The number of rotatable bonds is 5. The lowest BCUT2D eigenvalue weighted by atomic mass is 10.3. The minimum absolute atomic E-state index is 0.188. The summed E-state index contributed by atoms with van der Waals surface area (Å²) in [6.07, 6.45) is 0. The van der Waals surface area contributed by atoms with E-state index in [1.54, 1.807) is 17.8 Å². The Morgan fingerprint density at radius 3 is 2.87 bits per heavy atom. The van der Waals surface area contributed by atoms with Crippen LogP contribution in [-0.2, 0) is 5.75 Å². The molecular weight excluding hydrogens is 230 g/mol. The number of aryl methyl sites for hydroxylation is 1. The number of carboxylic acids is 1. The van der Waals surface area contributed by atoms with Crippen LogP contribution in [0.3, 0.4) is 0 Å². The molecule has 84 valence electrons. The Kier molecular flexibility index (Phi) is 4.63. The number of thiophene rings is 1. The molecule has 0 fully saturated rings. The molecular formula is C10H15NO2S2. The smallest absolute Gasteiger partial charge is 0.345 e. The molecule has 1 atom stereocenters. The van der Waals surface area contributed by atoms with Crippen molar-refractivity contribution in [2.75, 3.05) is 5.75 Å². The summed E-state index contributed by atoms with van der Waals surface area (Å²) in [5.41, 5.74) is 6.75. The highest BCUT2D eigenvalue weighted by atomic mass is 32.2. The zero-order chi connectivity index (χ0) is 11.4. The van der Waals surface area contributed by atoms with Crippen molar-refractivity contribution in [1.29, 1.82) is 0 Å². The average Bonchev–Trinajstić information content (AvgIpc) is 2.47. The largest absolute Gasteiger partial charge is 0.477 e. The Hall–Kier alpha value is -0.520. The fourth-order valence-corrected chi connectivity index (χ4v) is 3.10. The molecule has 0 saturated heterocycles. The first-order chi connectivity index (χ1) is 7.00. The third-order valence-corrected chi connectivity index (χ3v) is 4.23. The Labute approximate surface area is 97.7 Å². The Bertz CT molecular complexity index is 347. The third-order valence-electron chi connectivity index (χ3n) is 1.87. The minimum atomic E-state index is -0.841. The highest BCUT2D eigenvalue weighted by Crippen LogP contribution is 2.25. The number of carboxylic acid groups (broad SMARTS) is 1. The number of nitrogens with two attached hydrogens (primary N) is 1. The lowest BCUT2D eigenvalue weighted by Crippen LogP contribution is -2.17. The van der Waals surface area contributed by atoms with Crippen molar-refractivity contribution in [3.8, 4) is 0 Å². The van der Waals surface area contributed by atoms with Gasteiger partial charge in [-0.05, 0) is 25.5 Å². The predicted molar refractivity (Wildman–Crippen MR) is 65.8 cm³/mol. The molecule has 0 saturated carbocycles. The van der Waals surface area contributed by atoms with Gasteiger partial charge in [0.15, 0.2) is 0 Å². The molecule has 0 aliphatic heterocycles. The molecule has 0 aliphatic rings. The SMILES string of the molecule is Cc1sc(C(=O)O)cc1CSCC(C)N. The van der Waals surface area contributed by atoms with Crippen LogP contribution in [0.4, 0.5) is 0 Å². The molecule has 0 radical (unpaired) electrons. The second-order valence-electron chi connectivity index (χ2n) is 3.49. The number of thioether (sulfide) groups is 1. The zero-order valence-corrected chi connectivity index (χ0v) is 10.5. The lowest BCUT2D eigenvalue weighted by molar-refractivity contribution is 0.0702. The highest BCUT2D eigenvalue weighted by Gasteiger charge is 2.10. The molecule has 1 heterocycles. The monoisotopic (exact) mass is 245 g/mol. The Balaban J connectivity index is 2.57. The van der Waals surface area contributed by atoms with Crippen LogP contribution in [-0.4, -0.2) is 22.9 Å². The second-order valence-corrected chi connectivity index (χ2v) is 5.78. The third kappa shape index (κ3) is 3.85. The van der Waals surface area contributed by atoms with Gasteiger partial charge in [0.05, 0.1) is 0 Å². The normalized spacial score (nSPS) is 12.7. The van der Waals surface area contributed by atoms with Gasteiger partial charge in [-0.25, -0.2) is 4.79 Å². The molecule has 1 rings (SSSR count). The molecule has 0 spiro atoms. The molecule has 0 bridgehead atoms. The van der Waals surface area contributed by atoms with Crippen molar-refractivity contribution in [3.05, 3.63) is 21.4 Å². The number of carbonyl (C=O) groups is 1. The molecule has 15 heavy (non-hydrogen) atoms. The Morgan fingerprint density at radius 2 is 2.40 bits per heavy atom. The van der Waals surface area contributed by atoms with Crippen molar-refractivity contribution < 1.29 is 9.90 Å². The van der Waals surface area contributed by atoms with Crippen molar-refractivity contribution >= 4 is 29.1 Å². The van der Waals surface area contributed by atoms with Crippen LogP contribution in [0, 0.1) is 6.92 Å². The van der Waals surface area contributed by atoms with Crippen molar-refractivity contribution in [2.24, 2.45) is 5.73 Å². The van der Waals surface area contributed by atoms with Gasteiger partial charge in [-0.3, -0.25) is 0 Å². The molecule has 3 N–H and O–H groups in total. The summed E-state index contributed by atoms with van der Waals surface area (Å²) in [6, 6.07) is 1.95. The minimum Gasteiger partial charge on any atom is -0.477 e. The second kappa shape index (κ2) is 5.53. The van der Waals surface area contributed by atoms with Crippen LogP contribution in [0.2, 0.25) is 0 Å². The van der Waals surface area contributed by atoms with E-state index in [1.807, 2.05) is 13.8 Å². The van der Waals surface area contributed by atoms with E-state index < -0.39 is 5.97 Å². The zero-order valence-electron chi connectivity index (χ0n) is 8.82. The number of aromatic carboxylic acids is 1. The van der Waals surface area contributed by atoms with Crippen molar-refractivity contribution in [3.63, 3.8) is 0 Å². The summed E-state index contributed by atoms with van der Waals surface area (Å²) < 4.78 is 0. The van der Waals surface area contributed by atoms with Gasteiger partial charge < -0.3 is 10.8 Å². The van der Waals surface area contributed by atoms with Gasteiger partial charge in [0.25, 0.3) is 0 Å². The number of hydrogen-bond donors (Lipinski definition) is 2. The topological polar surface area (TPSA) is 63.3 Å². The van der Waals surface area contributed by atoms with Gasteiger partial charge in [-0.2, -0.15) is 11.8 Å². The Morgan fingerprint density at radius 1 is 1.73 bits per heavy atom. The quantitative estimate of drug-likeness (QED) is 0.835. The van der Waals surface area contributed by atoms with E-state index in [0.717, 1.165) is 21.9 Å². The van der Waals surface area contributed by atoms with Crippen LogP contribution >= 0.6 is 23.1 Å². The van der Waals surface area contributed by atoms with Gasteiger partial charge in [-0.1, -0.05) is 0 Å². The molecule has 3 nitrogen and oxygen atoms in total. The van der Waals surface area contributed by atoms with Crippen LogP contribution in [0.5, 0.6) is 0 Å². The summed E-state index contributed by atoms with van der Waals surface area (Å²) in [7, 11) is 0. The van der Waals surface area contributed by atoms with E-state index in [-0.39, 0.29) is 6.04 Å². The van der Waals surface area contributed by atoms with Gasteiger partial charge in [0.2, 0.25) is 0 Å². The molecule has 0 aromatic carbocycles. The first-order valence-corrected chi connectivity index (χ1v) is 6.63. The lowest BCUT2D eigenvalue weighted by Gasteiger charge is -2.03. The van der Waals surface area contributed by atoms with Crippen molar-refractivity contribution in [2.45, 2.75) is 25.6 Å². The molecule has 0 amide bonds. The maximum absolute atomic E-state index is 10.7. The standard InChI is InChI=1S/C10H15NO2S2/c1-6(11)4-14-5-8-3-9(10(12)13)15-7(8)2/h3,6H,4-5,11H2,1-2H3,(H,12,13). The van der Waals surface area contributed by atoms with E-state index in [0.29, 0.717) is 4.88 Å². The van der Waals surface area contributed by atoms with Crippen LogP contribution in [0.15, 0.2) is 6.07 Å². The molecule has 5 heteroatoms. The predicted octanol–water partition coefficient (Wildman–Crippen LogP) is 2.34. The maximum atomic E-state index is 10.7. The van der Waals surface area contributed by atoms with E-state index in [1.165, 1.54) is 11.3 Å². The van der Waals surface area contributed by atoms with Crippen molar-refractivity contribution in [1.82, 2.24) is 0 Å². The molecule has 1 unspecified atom stereocenters. The summed E-state index contributed by atoms with van der Waals surface area (Å²) in [4.78, 5) is 12.2. The van der Waals surface area contributed by atoms with E-state index in [4.69, 9.17) is 10.8 Å². The maximum Gasteiger partial charge on any atom is 0.345 e. The van der Waals surface area contributed by atoms with Crippen LogP contribution in [0.25, 0.3) is 0 Å². The average molecular weight is 245 g/mol. The van der Waals surface area contributed by atoms with Crippen LogP contribution < -0.4 is 5.73 Å². The molecule has 1 aromatic rings. The van der Waals surface area contributed by atoms with Gasteiger partial charge in [0.1, 0.15) is 4.88 Å². The molecule has 1 aromatic heterocycles. The summed E-state index contributed by atoms with van der Waals surface area (Å²) in [5.74, 6) is 0.904. The van der Waals surface area contributed by atoms with E-state index in [9.17, 15) is 4.79 Å².